The molecule has 4 aromatic rings. The zero-order valence-corrected chi connectivity index (χ0v) is 27.4. The lowest BCUT2D eigenvalue weighted by atomic mass is 9.85. The van der Waals surface area contributed by atoms with E-state index in [0.29, 0.717) is 26.8 Å². The van der Waals surface area contributed by atoms with Crippen LogP contribution in [0.4, 0.5) is 5.69 Å². The number of carbonyl (C=O) groups excluding carboxylic acids is 1. The zero-order valence-electron chi connectivity index (χ0n) is 24.2. The van der Waals surface area contributed by atoms with Crippen LogP contribution in [0.2, 0.25) is 5.02 Å². The summed E-state index contributed by atoms with van der Waals surface area (Å²) in [5.41, 5.74) is 2.37. The third-order valence-corrected chi connectivity index (χ3v) is 9.62. The number of benzene rings is 3. The van der Waals surface area contributed by atoms with Crippen molar-refractivity contribution in [1.82, 2.24) is 10.7 Å². The lowest BCUT2D eigenvalue weighted by molar-refractivity contribution is -0.255. The Morgan fingerprint density at radius 3 is 2.11 bits per heavy atom. The summed E-state index contributed by atoms with van der Waals surface area (Å²) >= 11 is 9.89. The largest absolute Gasteiger partial charge is 0.746 e. The SMILES string of the molecule is CN(C)c1ccc(C(=O)c2ccccc2-n2cc(OP(=O)([O-])OC3[C@H](O)[C@H](O)C(O)[C@H](O)[C@H]3O)c3c(Cl)c(Br)ccc32)cc1.[NH4+]. The van der Waals surface area contributed by atoms with E-state index in [1.165, 1.54) is 10.8 Å². The Morgan fingerprint density at radius 2 is 1.51 bits per heavy atom. The Balaban J connectivity index is 0.00000461. The number of hydrogen-bond acceptors (Lipinski definition) is 11. The molecule has 7 atom stereocenters. The second-order valence-electron chi connectivity index (χ2n) is 10.5. The Morgan fingerprint density at radius 1 is 0.933 bits per heavy atom. The molecule has 16 heteroatoms. The van der Waals surface area contributed by atoms with Gasteiger partial charge in [-0.05, 0) is 64.5 Å². The Kier molecular flexibility index (Phi) is 10.5. The van der Waals surface area contributed by atoms with Gasteiger partial charge in [0.2, 0.25) is 0 Å². The van der Waals surface area contributed by atoms with Crippen molar-refractivity contribution in [2.45, 2.75) is 36.6 Å². The van der Waals surface area contributed by atoms with Gasteiger partial charge in [-0.3, -0.25) is 9.36 Å². The lowest BCUT2D eigenvalue weighted by Gasteiger charge is -2.43. The zero-order chi connectivity index (χ0) is 32.1. The van der Waals surface area contributed by atoms with Gasteiger partial charge in [0.25, 0.3) is 0 Å². The number of aromatic nitrogens is 1. The predicted molar refractivity (Wildman–Crippen MR) is 169 cm³/mol. The number of aliphatic hydroxyl groups is 5. The maximum atomic E-state index is 13.7. The molecule has 1 aromatic heterocycles. The summed E-state index contributed by atoms with van der Waals surface area (Å²) in [4.78, 5) is 28.7. The minimum absolute atomic E-state index is 0. The molecular formula is C29H32BrClN3O10P. The van der Waals surface area contributed by atoms with Gasteiger partial charge in [-0.25, -0.2) is 0 Å². The van der Waals surface area contributed by atoms with Crippen molar-refractivity contribution in [3.63, 3.8) is 0 Å². The molecule has 1 fully saturated rings. The molecule has 1 aliphatic carbocycles. The van der Waals surface area contributed by atoms with Crippen LogP contribution in [0, 0.1) is 0 Å². The van der Waals surface area contributed by atoms with Gasteiger partial charge in [0, 0.05) is 35.4 Å². The van der Waals surface area contributed by atoms with Crippen LogP contribution in [-0.2, 0) is 9.09 Å². The minimum Gasteiger partial charge on any atom is -0.746 e. The molecule has 0 saturated heterocycles. The van der Waals surface area contributed by atoms with E-state index in [9.17, 15) is 39.8 Å². The molecule has 0 radical (unpaired) electrons. The second kappa shape index (κ2) is 13.5. The number of ketones is 1. The summed E-state index contributed by atoms with van der Waals surface area (Å²) in [5.74, 6) is -0.612. The molecule has 242 valence electrons. The standard InChI is InChI=1S/C29H29BrClN2O10P.H3N/c1-32(2)15-9-7-14(8-10-15)23(34)16-5-3-4-6-18(16)33-13-20(21-19(33)12-11-17(30)22(21)31)42-44(40,41)43-29-27(38)25(36)24(35)26(37)28(29)39;/h3-13,24-29,35-39H,1-2H3,(H,40,41);1H3/t24?,25-,26+,27-,28-,29?;/m1./s1. The minimum atomic E-state index is -5.47. The van der Waals surface area contributed by atoms with E-state index in [-0.39, 0.29) is 28.1 Å². The first kappa shape index (κ1) is 35.0. The van der Waals surface area contributed by atoms with Crippen molar-refractivity contribution in [1.29, 1.82) is 0 Å². The topological polar surface area (TPSA) is 221 Å². The maximum Gasteiger partial charge on any atom is 0.320 e. The number of carbonyl (C=O) groups is 1. The van der Waals surface area contributed by atoms with Crippen LogP contribution in [0.15, 0.2) is 71.3 Å². The molecule has 13 nitrogen and oxygen atoms in total. The normalized spacial score (nSPS) is 24.5. The maximum absolute atomic E-state index is 13.7. The van der Waals surface area contributed by atoms with Crippen LogP contribution in [0.1, 0.15) is 15.9 Å². The summed E-state index contributed by atoms with van der Waals surface area (Å²) in [6.45, 7) is 0. The van der Waals surface area contributed by atoms with E-state index < -0.39 is 44.4 Å². The fourth-order valence-corrected chi connectivity index (χ4v) is 6.60. The summed E-state index contributed by atoms with van der Waals surface area (Å²) in [6.07, 6.45) is -10.9. The molecule has 0 bridgehead atoms. The molecule has 45 heavy (non-hydrogen) atoms. The van der Waals surface area contributed by atoms with Crippen molar-refractivity contribution in [3.8, 4) is 11.4 Å². The highest BCUT2D eigenvalue weighted by Crippen LogP contribution is 2.49. The van der Waals surface area contributed by atoms with Crippen LogP contribution in [0.3, 0.4) is 0 Å². The third kappa shape index (κ3) is 6.68. The average Bonchev–Trinajstić information content (AvgIpc) is 3.36. The number of para-hydroxylation sites is 1. The highest BCUT2D eigenvalue weighted by Gasteiger charge is 2.50. The van der Waals surface area contributed by atoms with E-state index in [1.54, 1.807) is 48.5 Å². The lowest BCUT2D eigenvalue weighted by Crippen LogP contribution is -2.64. The molecule has 1 saturated carbocycles. The van der Waals surface area contributed by atoms with Gasteiger partial charge >= 0.3 is 7.82 Å². The number of aliphatic hydroxyl groups excluding tert-OH is 5. The summed E-state index contributed by atoms with van der Waals surface area (Å²) in [6, 6.07) is 17.0. The van der Waals surface area contributed by atoms with Gasteiger partial charge in [0.05, 0.1) is 27.8 Å². The summed E-state index contributed by atoms with van der Waals surface area (Å²) in [5, 5.41) is 50.5. The van der Waals surface area contributed by atoms with Gasteiger partial charge in [0.15, 0.2) is 11.5 Å². The fourth-order valence-electron chi connectivity index (χ4n) is 5.05. The van der Waals surface area contributed by atoms with Gasteiger partial charge in [-0.15, -0.1) is 0 Å². The summed E-state index contributed by atoms with van der Waals surface area (Å²) < 4.78 is 25.2. The number of halogens is 2. The van der Waals surface area contributed by atoms with Crippen molar-refractivity contribution >= 4 is 57.7 Å². The number of hydrogen-bond donors (Lipinski definition) is 6. The monoisotopic (exact) mass is 727 g/mol. The van der Waals surface area contributed by atoms with Crippen LogP contribution >= 0.6 is 35.4 Å². The number of quaternary nitrogens is 1. The first-order chi connectivity index (χ1) is 20.7. The molecule has 3 unspecified atom stereocenters. The third-order valence-electron chi connectivity index (χ3n) is 7.41. The van der Waals surface area contributed by atoms with Crippen LogP contribution in [0.5, 0.6) is 5.75 Å². The molecule has 9 N–H and O–H groups in total. The Bertz CT molecular complexity index is 1740. The second-order valence-corrected chi connectivity index (χ2v) is 13.0. The average molecular weight is 729 g/mol. The smallest absolute Gasteiger partial charge is 0.320 e. The Labute approximate surface area is 271 Å². The Hall–Kier alpha value is -2.85. The van der Waals surface area contributed by atoms with E-state index >= 15 is 0 Å². The van der Waals surface area contributed by atoms with Crippen molar-refractivity contribution in [2.24, 2.45) is 0 Å². The fraction of sp³-hybridized carbons (Fsp3) is 0.276. The van der Waals surface area contributed by atoms with Gasteiger partial charge in [-0.1, -0.05) is 23.7 Å². The summed E-state index contributed by atoms with van der Waals surface area (Å²) in [7, 11) is -1.70. The molecule has 1 heterocycles. The molecule has 0 amide bonds. The van der Waals surface area contributed by atoms with Crippen molar-refractivity contribution in [3.05, 3.63) is 87.5 Å². The molecular weight excluding hydrogens is 697 g/mol. The molecule has 0 spiro atoms. The van der Waals surface area contributed by atoms with Gasteiger partial charge in [0.1, 0.15) is 36.6 Å². The van der Waals surface area contributed by atoms with E-state index in [4.69, 9.17) is 20.6 Å². The predicted octanol–water partition coefficient (Wildman–Crippen LogP) is 2.77. The number of phosphoric ester groups is 1. The van der Waals surface area contributed by atoms with E-state index in [1.807, 2.05) is 31.1 Å². The first-order valence-electron chi connectivity index (χ1n) is 13.2. The van der Waals surface area contributed by atoms with Crippen LogP contribution < -0.4 is 20.5 Å². The molecule has 0 aliphatic heterocycles. The molecule has 5 rings (SSSR count). The highest BCUT2D eigenvalue weighted by atomic mass is 79.9. The number of fused-ring (bicyclic) bond motifs is 1. The first-order valence-corrected chi connectivity index (χ1v) is 15.8. The molecule has 1 aliphatic rings. The van der Waals surface area contributed by atoms with E-state index in [2.05, 4.69) is 15.9 Å². The van der Waals surface area contributed by atoms with Gasteiger partial charge < -0.3 is 55.1 Å². The number of phosphoric acid groups is 1. The van der Waals surface area contributed by atoms with Crippen molar-refractivity contribution in [2.75, 3.05) is 19.0 Å². The number of anilines is 1. The number of nitrogens with zero attached hydrogens (tertiary/aromatic N) is 2. The quantitative estimate of drug-likeness (QED) is 0.114. The van der Waals surface area contributed by atoms with Crippen molar-refractivity contribution < 1.29 is 48.8 Å². The van der Waals surface area contributed by atoms with Crippen LogP contribution in [-0.4, -0.2) is 86.6 Å². The van der Waals surface area contributed by atoms with Gasteiger partial charge in [-0.2, -0.15) is 0 Å². The van der Waals surface area contributed by atoms with Crippen LogP contribution in [0.25, 0.3) is 16.6 Å². The number of rotatable bonds is 8. The molecule has 3 aromatic carbocycles. The van der Waals surface area contributed by atoms with E-state index in [0.717, 1.165) is 5.69 Å². The highest BCUT2D eigenvalue weighted by molar-refractivity contribution is 9.10.